The molecule has 112 valence electrons. The van der Waals surface area contributed by atoms with Crippen molar-refractivity contribution in [2.24, 2.45) is 5.73 Å². The second-order valence-corrected chi connectivity index (χ2v) is 5.57. The molecule has 0 bridgehead atoms. The van der Waals surface area contributed by atoms with E-state index in [0.29, 0.717) is 17.9 Å². The summed E-state index contributed by atoms with van der Waals surface area (Å²) >= 11 is 3.32. The molecule has 1 aromatic carbocycles. The fraction of sp³-hybridized carbons (Fsp3) is 0.286. The largest absolute Gasteiger partial charge is 0.490 e. The monoisotopic (exact) mass is 355 g/mol. The molecular formula is C14H15BrFN3O2. The summed E-state index contributed by atoms with van der Waals surface area (Å²) in [4.78, 5) is 12.0. The molecular weight excluding hydrogens is 341 g/mol. The molecule has 2 N–H and O–H groups in total. The van der Waals surface area contributed by atoms with Crippen LogP contribution in [-0.2, 0) is 6.54 Å². The van der Waals surface area contributed by atoms with Gasteiger partial charge in [-0.3, -0.25) is 4.79 Å². The highest BCUT2D eigenvalue weighted by Crippen LogP contribution is 2.18. The molecule has 2 aromatic rings. The average molecular weight is 356 g/mol. The summed E-state index contributed by atoms with van der Waals surface area (Å²) < 4.78 is 20.5. The number of halogens is 2. The summed E-state index contributed by atoms with van der Waals surface area (Å²) in [5.41, 5.74) is 5.88. The molecule has 2 rings (SSSR count). The highest BCUT2D eigenvalue weighted by atomic mass is 79.9. The first-order valence-corrected chi connectivity index (χ1v) is 7.14. The molecule has 0 aliphatic heterocycles. The van der Waals surface area contributed by atoms with Crippen LogP contribution in [0.5, 0.6) is 5.75 Å². The third-order valence-electron chi connectivity index (χ3n) is 2.69. The van der Waals surface area contributed by atoms with Gasteiger partial charge in [-0.1, -0.05) is 15.9 Å². The van der Waals surface area contributed by atoms with Gasteiger partial charge >= 0.3 is 0 Å². The Morgan fingerprint density at radius 2 is 2.24 bits per heavy atom. The minimum Gasteiger partial charge on any atom is -0.490 e. The van der Waals surface area contributed by atoms with Gasteiger partial charge in [0.1, 0.15) is 18.2 Å². The number of aromatic nitrogens is 2. The van der Waals surface area contributed by atoms with Crippen LogP contribution >= 0.6 is 15.9 Å². The van der Waals surface area contributed by atoms with E-state index >= 15 is 0 Å². The Bertz CT molecular complexity index is 688. The van der Waals surface area contributed by atoms with Crippen molar-refractivity contribution in [2.45, 2.75) is 19.5 Å². The van der Waals surface area contributed by atoms with Gasteiger partial charge in [-0.15, -0.1) is 0 Å². The van der Waals surface area contributed by atoms with Gasteiger partial charge in [0, 0.05) is 16.6 Å². The van der Waals surface area contributed by atoms with E-state index in [-0.39, 0.29) is 24.0 Å². The highest BCUT2D eigenvalue weighted by molar-refractivity contribution is 9.10. The summed E-state index contributed by atoms with van der Waals surface area (Å²) in [6, 6.07) is 5.50. The molecule has 1 heterocycles. The number of nitrogens with two attached hydrogens (primary N) is 1. The minimum atomic E-state index is -0.363. The molecule has 0 aliphatic carbocycles. The first kappa shape index (κ1) is 15.7. The Balaban J connectivity index is 2.18. The topological polar surface area (TPSA) is 70.1 Å². The second kappa shape index (κ2) is 6.82. The van der Waals surface area contributed by atoms with Crippen LogP contribution in [0.2, 0.25) is 0 Å². The summed E-state index contributed by atoms with van der Waals surface area (Å²) in [6.07, 6.45) is 1.44. The Morgan fingerprint density at radius 3 is 2.90 bits per heavy atom. The van der Waals surface area contributed by atoms with Gasteiger partial charge in [0.05, 0.1) is 12.7 Å². The quantitative estimate of drug-likeness (QED) is 0.889. The van der Waals surface area contributed by atoms with Crippen LogP contribution in [0.4, 0.5) is 4.39 Å². The van der Waals surface area contributed by atoms with Crippen molar-refractivity contribution >= 4 is 15.9 Å². The van der Waals surface area contributed by atoms with Crippen LogP contribution in [0.1, 0.15) is 12.5 Å². The van der Waals surface area contributed by atoms with Crippen LogP contribution in [0.3, 0.4) is 0 Å². The maximum Gasteiger partial charge on any atom is 0.270 e. The molecule has 0 saturated heterocycles. The van der Waals surface area contributed by atoms with E-state index in [1.54, 1.807) is 13.0 Å². The van der Waals surface area contributed by atoms with E-state index in [1.165, 1.54) is 29.1 Å². The van der Waals surface area contributed by atoms with E-state index in [2.05, 4.69) is 21.0 Å². The van der Waals surface area contributed by atoms with E-state index in [0.717, 1.165) is 4.47 Å². The summed E-state index contributed by atoms with van der Waals surface area (Å²) in [5.74, 6) is 0.00462. The first-order chi connectivity index (χ1) is 9.95. The van der Waals surface area contributed by atoms with Gasteiger partial charge in [0.25, 0.3) is 5.56 Å². The summed E-state index contributed by atoms with van der Waals surface area (Å²) in [7, 11) is 0. The second-order valence-electron chi connectivity index (χ2n) is 4.71. The zero-order valence-electron chi connectivity index (χ0n) is 11.4. The van der Waals surface area contributed by atoms with Crippen molar-refractivity contribution < 1.29 is 9.13 Å². The number of nitrogens with zero attached hydrogens (tertiary/aromatic N) is 2. The van der Waals surface area contributed by atoms with E-state index < -0.39 is 0 Å². The lowest BCUT2D eigenvalue weighted by molar-refractivity contribution is 0.293. The third kappa shape index (κ3) is 4.37. The van der Waals surface area contributed by atoms with Gasteiger partial charge in [0.2, 0.25) is 0 Å². The van der Waals surface area contributed by atoms with E-state index in [9.17, 15) is 9.18 Å². The molecule has 21 heavy (non-hydrogen) atoms. The van der Waals surface area contributed by atoms with Crippen molar-refractivity contribution in [3.05, 3.63) is 56.7 Å². The zero-order chi connectivity index (χ0) is 15.4. The maximum absolute atomic E-state index is 13.2. The highest BCUT2D eigenvalue weighted by Gasteiger charge is 2.07. The molecule has 1 aromatic heterocycles. The molecule has 1 atom stereocenters. The van der Waals surface area contributed by atoms with Crippen LogP contribution in [0.15, 0.2) is 39.7 Å². The lowest BCUT2D eigenvalue weighted by atomic mass is 10.2. The lowest BCUT2D eigenvalue weighted by Gasteiger charge is -2.10. The van der Waals surface area contributed by atoms with Crippen LogP contribution in [-0.4, -0.2) is 22.4 Å². The SMILES string of the molecule is CC(N)COc1cnn(Cc2cc(F)ccc2Br)c(=O)c1. The number of hydrogen-bond donors (Lipinski definition) is 1. The number of hydrogen-bond acceptors (Lipinski definition) is 4. The minimum absolute atomic E-state index is 0.129. The molecule has 0 saturated carbocycles. The smallest absolute Gasteiger partial charge is 0.270 e. The summed E-state index contributed by atoms with van der Waals surface area (Å²) in [6.45, 7) is 2.28. The first-order valence-electron chi connectivity index (χ1n) is 6.35. The van der Waals surface area contributed by atoms with Crippen molar-refractivity contribution in [1.82, 2.24) is 9.78 Å². The zero-order valence-corrected chi connectivity index (χ0v) is 13.0. The molecule has 0 aliphatic rings. The van der Waals surface area contributed by atoms with Gasteiger partial charge < -0.3 is 10.5 Å². The van der Waals surface area contributed by atoms with Gasteiger partial charge in [0.15, 0.2) is 0 Å². The lowest BCUT2D eigenvalue weighted by Crippen LogP contribution is -2.26. The predicted molar refractivity (Wildman–Crippen MR) is 80.8 cm³/mol. The average Bonchev–Trinajstić information content (AvgIpc) is 2.43. The number of benzene rings is 1. The molecule has 5 nitrogen and oxygen atoms in total. The van der Waals surface area contributed by atoms with Crippen LogP contribution in [0.25, 0.3) is 0 Å². The van der Waals surface area contributed by atoms with Crippen LogP contribution < -0.4 is 16.0 Å². The summed E-state index contributed by atoms with van der Waals surface area (Å²) in [5, 5.41) is 4.02. The number of ether oxygens (including phenoxy) is 1. The Hall–Kier alpha value is -1.73. The molecule has 7 heteroatoms. The maximum atomic E-state index is 13.2. The fourth-order valence-electron chi connectivity index (χ4n) is 1.67. The number of rotatable bonds is 5. The molecule has 0 fully saturated rings. The fourth-order valence-corrected chi connectivity index (χ4v) is 2.04. The predicted octanol–water partition coefficient (Wildman–Crippen LogP) is 1.92. The Kier molecular flexibility index (Phi) is 5.08. The third-order valence-corrected chi connectivity index (χ3v) is 3.46. The van der Waals surface area contributed by atoms with Crippen molar-refractivity contribution in [2.75, 3.05) is 6.61 Å². The van der Waals surface area contributed by atoms with Gasteiger partial charge in [-0.25, -0.2) is 9.07 Å². The molecule has 0 spiro atoms. The van der Waals surface area contributed by atoms with Gasteiger partial charge in [-0.2, -0.15) is 5.10 Å². The van der Waals surface area contributed by atoms with Crippen molar-refractivity contribution in [3.63, 3.8) is 0 Å². The standard InChI is InChI=1S/C14H15BrFN3O2/c1-9(17)8-21-12-5-14(20)19(18-6-12)7-10-4-11(16)2-3-13(10)15/h2-6,9H,7-8,17H2,1H3. The molecule has 0 radical (unpaired) electrons. The van der Waals surface area contributed by atoms with Crippen LogP contribution in [0, 0.1) is 5.82 Å². The molecule has 0 amide bonds. The van der Waals surface area contributed by atoms with E-state index in [1.807, 2.05) is 0 Å². The van der Waals surface area contributed by atoms with E-state index in [4.69, 9.17) is 10.5 Å². The van der Waals surface area contributed by atoms with Gasteiger partial charge in [-0.05, 0) is 30.7 Å². The van der Waals surface area contributed by atoms with Crippen molar-refractivity contribution in [1.29, 1.82) is 0 Å². The Labute approximate surface area is 129 Å². The van der Waals surface area contributed by atoms with Crippen molar-refractivity contribution in [3.8, 4) is 5.75 Å². The normalized spacial score (nSPS) is 12.2. The Morgan fingerprint density at radius 1 is 1.48 bits per heavy atom. The molecule has 1 unspecified atom stereocenters.